The van der Waals surface area contributed by atoms with Crippen molar-refractivity contribution in [3.8, 4) is 0 Å². The molecule has 1 aromatic carbocycles. The molecule has 0 radical (unpaired) electrons. The third-order valence-electron chi connectivity index (χ3n) is 1.85. The number of hydrogen-bond donors (Lipinski definition) is 0. The van der Waals surface area contributed by atoms with Gasteiger partial charge in [0.25, 0.3) is 0 Å². The summed E-state index contributed by atoms with van der Waals surface area (Å²) < 4.78 is 1.21. The number of aromatic nitrogens is 1. The van der Waals surface area contributed by atoms with Crippen LogP contribution in [0.5, 0.6) is 0 Å². The van der Waals surface area contributed by atoms with Crippen LogP contribution in [0.1, 0.15) is 10.6 Å². The summed E-state index contributed by atoms with van der Waals surface area (Å²) in [5, 5.41) is 1.92. The van der Waals surface area contributed by atoms with Gasteiger partial charge in [-0.25, -0.2) is 4.98 Å². The Hall–Kier alpha value is -0.600. The number of fused-ring (bicyclic) bond motifs is 1. The molecular weight excluding hydrogens is 190 g/mol. The molecule has 0 amide bonds. The lowest BCUT2D eigenvalue weighted by Gasteiger charge is -1.95. The molecule has 2 aromatic rings. The highest BCUT2D eigenvalue weighted by Gasteiger charge is 2.05. The largest absolute Gasteiger partial charge is 0.242 e. The number of halogens is 1. The lowest BCUT2D eigenvalue weighted by Crippen LogP contribution is -1.75. The SMILES string of the molecule is Cc1nc2ccc(Cl)c(C)c2s1. The lowest BCUT2D eigenvalue weighted by molar-refractivity contribution is 1.34. The first-order chi connectivity index (χ1) is 5.68. The van der Waals surface area contributed by atoms with E-state index in [2.05, 4.69) is 4.98 Å². The van der Waals surface area contributed by atoms with Crippen LogP contribution in [0.4, 0.5) is 0 Å². The van der Waals surface area contributed by atoms with Crippen LogP contribution in [0.3, 0.4) is 0 Å². The Morgan fingerprint density at radius 1 is 1.33 bits per heavy atom. The van der Waals surface area contributed by atoms with Crippen molar-refractivity contribution in [2.45, 2.75) is 13.8 Å². The summed E-state index contributed by atoms with van der Waals surface area (Å²) in [4.78, 5) is 4.37. The van der Waals surface area contributed by atoms with E-state index in [1.165, 1.54) is 4.70 Å². The predicted octanol–water partition coefficient (Wildman–Crippen LogP) is 3.57. The van der Waals surface area contributed by atoms with Crippen LogP contribution in [-0.4, -0.2) is 4.98 Å². The van der Waals surface area contributed by atoms with Crippen LogP contribution in [0.2, 0.25) is 5.02 Å². The molecular formula is C9H8ClNS. The third kappa shape index (κ3) is 1.11. The molecule has 1 aromatic heterocycles. The topological polar surface area (TPSA) is 12.9 Å². The Balaban J connectivity index is 2.89. The maximum absolute atomic E-state index is 5.98. The van der Waals surface area contributed by atoms with Crippen molar-refractivity contribution in [1.82, 2.24) is 4.98 Å². The molecule has 0 unspecified atom stereocenters. The van der Waals surface area contributed by atoms with Crippen molar-refractivity contribution in [3.05, 3.63) is 27.7 Å². The van der Waals surface area contributed by atoms with Crippen molar-refractivity contribution < 1.29 is 0 Å². The van der Waals surface area contributed by atoms with Gasteiger partial charge in [0.2, 0.25) is 0 Å². The highest BCUT2D eigenvalue weighted by Crippen LogP contribution is 2.29. The lowest BCUT2D eigenvalue weighted by atomic mass is 10.2. The monoisotopic (exact) mass is 197 g/mol. The van der Waals surface area contributed by atoms with Crippen LogP contribution in [0.25, 0.3) is 10.2 Å². The van der Waals surface area contributed by atoms with Crippen molar-refractivity contribution in [3.63, 3.8) is 0 Å². The Kier molecular flexibility index (Phi) is 1.81. The summed E-state index contributed by atoms with van der Waals surface area (Å²) >= 11 is 7.67. The highest BCUT2D eigenvalue weighted by atomic mass is 35.5. The second-order valence-corrected chi connectivity index (χ2v) is 4.36. The van der Waals surface area contributed by atoms with Crippen LogP contribution in [-0.2, 0) is 0 Å². The van der Waals surface area contributed by atoms with E-state index < -0.39 is 0 Å². The van der Waals surface area contributed by atoms with E-state index in [-0.39, 0.29) is 0 Å². The molecule has 0 aliphatic carbocycles. The van der Waals surface area contributed by atoms with Gasteiger partial charge >= 0.3 is 0 Å². The zero-order chi connectivity index (χ0) is 8.72. The Morgan fingerprint density at radius 3 is 2.83 bits per heavy atom. The zero-order valence-electron chi connectivity index (χ0n) is 6.89. The molecule has 0 N–H and O–H groups in total. The number of thiazole rings is 1. The van der Waals surface area contributed by atoms with Crippen molar-refractivity contribution in [1.29, 1.82) is 0 Å². The second-order valence-electron chi connectivity index (χ2n) is 2.75. The van der Waals surface area contributed by atoms with Gasteiger partial charge in [0.05, 0.1) is 15.2 Å². The fourth-order valence-electron chi connectivity index (χ4n) is 1.21. The molecule has 0 atom stereocenters. The van der Waals surface area contributed by atoms with E-state index in [4.69, 9.17) is 11.6 Å². The number of nitrogens with zero attached hydrogens (tertiary/aromatic N) is 1. The van der Waals surface area contributed by atoms with Crippen molar-refractivity contribution in [2.24, 2.45) is 0 Å². The Bertz CT molecular complexity index is 433. The van der Waals surface area contributed by atoms with Gasteiger partial charge < -0.3 is 0 Å². The van der Waals surface area contributed by atoms with Crippen LogP contribution in [0, 0.1) is 13.8 Å². The fraction of sp³-hybridized carbons (Fsp3) is 0.222. The van der Waals surface area contributed by atoms with Gasteiger partial charge in [0.1, 0.15) is 0 Å². The van der Waals surface area contributed by atoms with Crippen LogP contribution in [0.15, 0.2) is 12.1 Å². The summed E-state index contributed by atoms with van der Waals surface area (Å²) in [5.74, 6) is 0. The molecule has 0 saturated heterocycles. The molecule has 1 nitrogen and oxygen atoms in total. The predicted molar refractivity (Wildman–Crippen MR) is 54.1 cm³/mol. The minimum atomic E-state index is 0.825. The van der Waals surface area contributed by atoms with E-state index in [1.54, 1.807) is 11.3 Å². The van der Waals surface area contributed by atoms with Gasteiger partial charge in [-0.05, 0) is 31.5 Å². The molecule has 0 aliphatic heterocycles. The van der Waals surface area contributed by atoms with E-state index in [9.17, 15) is 0 Å². The van der Waals surface area contributed by atoms with E-state index in [1.807, 2.05) is 26.0 Å². The second kappa shape index (κ2) is 2.71. The highest BCUT2D eigenvalue weighted by molar-refractivity contribution is 7.18. The molecule has 2 rings (SSSR count). The van der Waals surface area contributed by atoms with Crippen molar-refractivity contribution in [2.75, 3.05) is 0 Å². The van der Waals surface area contributed by atoms with Crippen molar-refractivity contribution >= 4 is 33.2 Å². The smallest absolute Gasteiger partial charge is 0.0907 e. The quantitative estimate of drug-likeness (QED) is 0.629. The maximum Gasteiger partial charge on any atom is 0.0907 e. The van der Waals surface area contributed by atoms with Gasteiger partial charge in [0.15, 0.2) is 0 Å². The zero-order valence-corrected chi connectivity index (χ0v) is 8.46. The Labute approximate surface area is 80.0 Å². The third-order valence-corrected chi connectivity index (χ3v) is 3.36. The summed E-state index contributed by atoms with van der Waals surface area (Å²) in [7, 11) is 0. The molecule has 3 heteroatoms. The average Bonchev–Trinajstić information content (AvgIpc) is 2.39. The molecule has 12 heavy (non-hydrogen) atoms. The molecule has 0 fully saturated rings. The maximum atomic E-state index is 5.98. The summed E-state index contributed by atoms with van der Waals surface area (Å²) in [6, 6.07) is 3.87. The van der Waals surface area contributed by atoms with Gasteiger partial charge in [-0.2, -0.15) is 0 Å². The standard InChI is InChI=1S/C9H8ClNS/c1-5-7(10)3-4-8-9(5)12-6(2)11-8/h3-4H,1-2H3. The van der Waals surface area contributed by atoms with E-state index in [0.717, 1.165) is 21.1 Å². The molecule has 0 aliphatic rings. The molecule has 62 valence electrons. The first-order valence-electron chi connectivity index (χ1n) is 3.71. The average molecular weight is 198 g/mol. The number of hydrogen-bond acceptors (Lipinski definition) is 2. The number of rotatable bonds is 0. The Morgan fingerprint density at radius 2 is 2.08 bits per heavy atom. The van der Waals surface area contributed by atoms with Crippen LogP contribution < -0.4 is 0 Å². The van der Waals surface area contributed by atoms with Gasteiger partial charge in [0, 0.05) is 5.02 Å². The minimum Gasteiger partial charge on any atom is -0.242 e. The van der Waals surface area contributed by atoms with Gasteiger partial charge in [-0.1, -0.05) is 11.6 Å². The van der Waals surface area contributed by atoms with E-state index >= 15 is 0 Å². The number of aryl methyl sites for hydroxylation is 2. The minimum absolute atomic E-state index is 0.825. The first-order valence-corrected chi connectivity index (χ1v) is 4.90. The summed E-state index contributed by atoms with van der Waals surface area (Å²) in [5.41, 5.74) is 2.19. The number of benzene rings is 1. The van der Waals surface area contributed by atoms with Gasteiger partial charge in [-0.15, -0.1) is 11.3 Å². The first kappa shape index (κ1) is 8.02. The summed E-state index contributed by atoms with van der Waals surface area (Å²) in [6.07, 6.45) is 0. The normalized spacial score (nSPS) is 10.9. The summed E-state index contributed by atoms with van der Waals surface area (Å²) in [6.45, 7) is 4.04. The van der Waals surface area contributed by atoms with Gasteiger partial charge in [-0.3, -0.25) is 0 Å². The molecule has 0 bridgehead atoms. The van der Waals surface area contributed by atoms with E-state index in [0.29, 0.717) is 0 Å². The molecule has 0 spiro atoms. The molecule has 0 saturated carbocycles. The fourth-order valence-corrected chi connectivity index (χ4v) is 2.34. The molecule has 1 heterocycles. The van der Waals surface area contributed by atoms with Crippen LogP contribution >= 0.6 is 22.9 Å².